The van der Waals surface area contributed by atoms with Crippen LogP contribution in [0, 0.1) is 5.92 Å². The molecule has 1 aromatic heterocycles. The van der Waals surface area contributed by atoms with E-state index < -0.39 is 10.0 Å². The van der Waals surface area contributed by atoms with Crippen LogP contribution < -0.4 is 0 Å². The fourth-order valence-electron chi connectivity index (χ4n) is 3.01. The van der Waals surface area contributed by atoms with Crippen LogP contribution in [0.5, 0.6) is 0 Å². The lowest BCUT2D eigenvalue weighted by molar-refractivity contribution is 0.407. The number of rotatable bonds is 5. The largest absolute Gasteiger partial charge is 0.349 e. The molecule has 21 heavy (non-hydrogen) atoms. The summed E-state index contributed by atoms with van der Waals surface area (Å²) < 4.78 is 29.2. The van der Waals surface area contributed by atoms with Crippen LogP contribution in [-0.2, 0) is 22.4 Å². The number of halogens is 1. The summed E-state index contributed by atoms with van der Waals surface area (Å²) in [5.41, 5.74) is 0.860. The Labute approximate surface area is 133 Å². The van der Waals surface area contributed by atoms with Crippen LogP contribution in [0.15, 0.2) is 17.2 Å². The highest BCUT2D eigenvalue weighted by Gasteiger charge is 2.28. The van der Waals surface area contributed by atoms with Gasteiger partial charge < -0.3 is 4.57 Å². The summed E-state index contributed by atoms with van der Waals surface area (Å²) in [6.07, 6.45) is 5.90. The van der Waals surface area contributed by atoms with E-state index in [1.807, 2.05) is 11.5 Å². The molecular formula is C15H25ClN2O2S. The van der Waals surface area contributed by atoms with E-state index in [0.29, 0.717) is 29.8 Å². The van der Waals surface area contributed by atoms with E-state index in [2.05, 4.69) is 6.92 Å². The fraction of sp³-hybridized carbons (Fsp3) is 0.733. The van der Waals surface area contributed by atoms with Gasteiger partial charge in [-0.05, 0) is 38.2 Å². The standard InChI is InChI=1S/C15H25ClN2O2S/c1-3-13-6-5-8-18(9-7-13)21(19,20)15-10-14(11-16)17(4-2)12-15/h10,12-13H,3-9,11H2,1-2H3. The normalized spacial score (nSPS) is 21.4. The molecule has 2 rings (SSSR count). The van der Waals surface area contributed by atoms with Crippen molar-refractivity contribution in [3.05, 3.63) is 18.0 Å². The molecule has 0 N–H and O–H groups in total. The molecule has 0 spiro atoms. The highest BCUT2D eigenvalue weighted by Crippen LogP contribution is 2.26. The monoisotopic (exact) mass is 332 g/mol. The summed E-state index contributed by atoms with van der Waals surface area (Å²) in [5, 5.41) is 0. The third kappa shape index (κ3) is 3.63. The minimum absolute atomic E-state index is 0.335. The Bertz CT molecular complexity index is 547. The Balaban J connectivity index is 2.23. The number of hydrogen-bond donors (Lipinski definition) is 0. The fourth-order valence-corrected chi connectivity index (χ4v) is 4.80. The zero-order valence-corrected chi connectivity index (χ0v) is 14.5. The van der Waals surface area contributed by atoms with Crippen LogP contribution in [0.25, 0.3) is 0 Å². The van der Waals surface area contributed by atoms with E-state index in [0.717, 1.165) is 37.9 Å². The van der Waals surface area contributed by atoms with Crippen molar-refractivity contribution in [3.8, 4) is 0 Å². The van der Waals surface area contributed by atoms with Gasteiger partial charge >= 0.3 is 0 Å². The minimum atomic E-state index is -3.39. The zero-order chi connectivity index (χ0) is 15.5. The second-order valence-electron chi connectivity index (χ2n) is 5.70. The molecule has 1 saturated heterocycles. The highest BCUT2D eigenvalue weighted by atomic mass is 35.5. The molecule has 6 heteroatoms. The molecule has 1 aromatic rings. The zero-order valence-electron chi connectivity index (χ0n) is 12.9. The maximum absolute atomic E-state index is 12.8. The lowest BCUT2D eigenvalue weighted by atomic mass is 9.98. The molecule has 2 heterocycles. The van der Waals surface area contributed by atoms with Crippen molar-refractivity contribution in [2.45, 2.75) is 56.9 Å². The van der Waals surface area contributed by atoms with E-state index in [1.54, 1.807) is 16.6 Å². The lowest BCUT2D eigenvalue weighted by Crippen LogP contribution is -2.31. The molecule has 1 aliphatic rings. The van der Waals surface area contributed by atoms with Gasteiger partial charge in [-0.3, -0.25) is 0 Å². The Morgan fingerprint density at radius 1 is 1.29 bits per heavy atom. The molecular weight excluding hydrogens is 308 g/mol. The van der Waals surface area contributed by atoms with Crippen LogP contribution in [0.3, 0.4) is 0 Å². The molecule has 1 atom stereocenters. The van der Waals surface area contributed by atoms with E-state index in [-0.39, 0.29) is 0 Å². The van der Waals surface area contributed by atoms with Crippen molar-refractivity contribution >= 4 is 21.6 Å². The summed E-state index contributed by atoms with van der Waals surface area (Å²) in [5.74, 6) is 0.991. The van der Waals surface area contributed by atoms with Crippen LogP contribution in [0.4, 0.5) is 0 Å². The van der Waals surface area contributed by atoms with Gasteiger partial charge in [0.05, 0.1) is 5.88 Å². The number of aryl methyl sites for hydroxylation is 1. The van der Waals surface area contributed by atoms with Crippen LogP contribution >= 0.6 is 11.6 Å². The molecule has 1 unspecified atom stereocenters. The first kappa shape index (κ1) is 16.8. The van der Waals surface area contributed by atoms with Gasteiger partial charge in [0.15, 0.2) is 0 Å². The average molecular weight is 333 g/mol. The van der Waals surface area contributed by atoms with Crippen molar-refractivity contribution in [2.24, 2.45) is 5.92 Å². The molecule has 1 fully saturated rings. The molecule has 1 aliphatic heterocycles. The van der Waals surface area contributed by atoms with Crippen LogP contribution in [-0.4, -0.2) is 30.4 Å². The lowest BCUT2D eigenvalue weighted by Gasteiger charge is -2.19. The smallest absolute Gasteiger partial charge is 0.244 e. The number of aromatic nitrogens is 1. The van der Waals surface area contributed by atoms with Crippen molar-refractivity contribution < 1.29 is 8.42 Å². The predicted octanol–water partition coefficient (Wildman–Crippen LogP) is 3.45. The second-order valence-corrected chi connectivity index (χ2v) is 7.90. The first-order valence-corrected chi connectivity index (χ1v) is 9.75. The minimum Gasteiger partial charge on any atom is -0.349 e. The summed E-state index contributed by atoms with van der Waals surface area (Å²) in [7, 11) is -3.39. The van der Waals surface area contributed by atoms with Gasteiger partial charge in [0.2, 0.25) is 10.0 Å². The highest BCUT2D eigenvalue weighted by molar-refractivity contribution is 7.89. The molecule has 4 nitrogen and oxygen atoms in total. The molecule has 0 aliphatic carbocycles. The summed E-state index contributed by atoms with van der Waals surface area (Å²) >= 11 is 5.89. The SMILES string of the molecule is CCC1CCCN(S(=O)(=O)c2cc(CCl)n(CC)c2)CC1. The number of hydrogen-bond acceptors (Lipinski definition) is 2. The van der Waals surface area contributed by atoms with Crippen LogP contribution in [0.1, 0.15) is 45.2 Å². The first-order chi connectivity index (χ1) is 10.0. The second kappa shape index (κ2) is 7.16. The maximum Gasteiger partial charge on any atom is 0.244 e. The topological polar surface area (TPSA) is 42.3 Å². The molecule has 0 amide bonds. The maximum atomic E-state index is 12.8. The molecule has 0 bridgehead atoms. The van der Waals surface area contributed by atoms with Gasteiger partial charge in [-0.2, -0.15) is 4.31 Å². The van der Waals surface area contributed by atoms with Crippen molar-refractivity contribution in [1.29, 1.82) is 0 Å². The number of sulfonamides is 1. The van der Waals surface area contributed by atoms with E-state index in [4.69, 9.17) is 11.6 Å². The Kier molecular flexibility index (Phi) is 5.74. The first-order valence-electron chi connectivity index (χ1n) is 7.78. The van der Waals surface area contributed by atoms with Crippen LogP contribution in [0.2, 0.25) is 0 Å². The van der Waals surface area contributed by atoms with E-state index >= 15 is 0 Å². The van der Waals surface area contributed by atoms with Crippen molar-refractivity contribution in [3.63, 3.8) is 0 Å². The Morgan fingerprint density at radius 3 is 2.62 bits per heavy atom. The van der Waals surface area contributed by atoms with Gasteiger partial charge in [0, 0.05) is 31.5 Å². The van der Waals surface area contributed by atoms with Gasteiger partial charge in [-0.1, -0.05) is 13.3 Å². The number of nitrogens with zero attached hydrogens (tertiary/aromatic N) is 2. The third-order valence-corrected chi connectivity index (χ3v) is 6.60. The van der Waals surface area contributed by atoms with Gasteiger partial charge in [-0.15, -0.1) is 11.6 Å². The van der Waals surface area contributed by atoms with Crippen molar-refractivity contribution in [2.75, 3.05) is 13.1 Å². The van der Waals surface area contributed by atoms with Gasteiger partial charge in [0.25, 0.3) is 0 Å². The molecule has 0 saturated carbocycles. The molecule has 0 radical (unpaired) electrons. The van der Waals surface area contributed by atoms with Gasteiger partial charge in [0.1, 0.15) is 4.90 Å². The molecule has 120 valence electrons. The summed E-state index contributed by atoms with van der Waals surface area (Å²) in [4.78, 5) is 0.384. The summed E-state index contributed by atoms with van der Waals surface area (Å²) in [6, 6.07) is 1.72. The van der Waals surface area contributed by atoms with E-state index in [9.17, 15) is 8.42 Å². The third-order valence-electron chi connectivity index (χ3n) is 4.46. The number of alkyl halides is 1. The quantitative estimate of drug-likeness (QED) is 0.775. The Hall–Kier alpha value is -0.520. The van der Waals surface area contributed by atoms with Gasteiger partial charge in [-0.25, -0.2) is 8.42 Å². The predicted molar refractivity (Wildman–Crippen MR) is 86.1 cm³/mol. The summed E-state index contributed by atoms with van der Waals surface area (Å²) in [6.45, 7) is 6.17. The molecule has 0 aromatic carbocycles. The average Bonchev–Trinajstić information content (AvgIpc) is 2.76. The van der Waals surface area contributed by atoms with E-state index in [1.165, 1.54) is 0 Å². The Morgan fingerprint density at radius 2 is 2.05 bits per heavy atom. The van der Waals surface area contributed by atoms with Crippen molar-refractivity contribution in [1.82, 2.24) is 8.87 Å².